The zero-order chi connectivity index (χ0) is 10.2. The summed E-state index contributed by atoms with van der Waals surface area (Å²) in [5, 5.41) is 8.54. The Bertz CT molecular complexity index is 193. The Morgan fingerprint density at radius 2 is 2.43 bits per heavy atom. The van der Waals surface area contributed by atoms with Crippen molar-refractivity contribution >= 4 is 0 Å². The largest absolute Gasteiger partial charge is 0.392 e. The Balaban J connectivity index is 2.12. The highest BCUT2D eigenvalue weighted by molar-refractivity contribution is 5.14. The van der Waals surface area contributed by atoms with E-state index in [9.17, 15) is 0 Å². The summed E-state index contributed by atoms with van der Waals surface area (Å²) in [5.41, 5.74) is 0.855. The molecule has 80 valence electrons. The molecule has 0 amide bonds. The maximum Gasteiger partial charge on any atom is 0.158 e. The first-order valence-corrected chi connectivity index (χ1v) is 5.01. The Kier molecular flexibility index (Phi) is 5.52. The molecule has 0 aromatic rings. The summed E-state index contributed by atoms with van der Waals surface area (Å²) in [6.07, 6.45) is 6.62. The van der Waals surface area contributed by atoms with E-state index < -0.39 is 0 Å². The molecule has 1 rings (SSSR count). The van der Waals surface area contributed by atoms with Crippen LogP contribution in [0, 0.1) is 0 Å². The van der Waals surface area contributed by atoms with Gasteiger partial charge in [0.05, 0.1) is 13.2 Å². The van der Waals surface area contributed by atoms with Gasteiger partial charge < -0.3 is 14.6 Å². The molecule has 0 saturated carbocycles. The van der Waals surface area contributed by atoms with Gasteiger partial charge in [-0.1, -0.05) is 18.7 Å². The minimum absolute atomic E-state index is 0.0406. The fraction of sp³-hybridized carbons (Fsp3) is 0.636. The molecule has 0 aromatic carbocycles. The number of aliphatic hydroxyl groups is 1. The molecule has 0 aliphatic carbocycles. The monoisotopic (exact) mass is 198 g/mol. The van der Waals surface area contributed by atoms with Crippen LogP contribution in [0.1, 0.15) is 19.3 Å². The quantitative estimate of drug-likeness (QED) is 0.682. The Hall–Kier alpha value is -0.640. The van der Waals surface area contributed by atoms with E-state index in [2.05, 4.69) is 6.58 Å². The average Bonchev–Trinajstić information content (AvgIpc) is 2.25. The van der Waals surface area contributed by atoms with Gasteiger partial charge >= 0.3 is 0 Å². The maximum atomic E-state index is 8.54. The molecule has 0 radical (unpaired) electrons. The van der Waals surface area contributed by atoms with E-state index >= 15 is 0 Å². The van der Waals surface area contributed by atoms with Crippen molar-refractivity contribution in [3.8, 4) is 0 Å². The number of rotatable bonds is 5. The van der Waals surface area contributed by atoms with Gasteiger partial charge in [-0.25, -0.2) is 0 Å². The van der Waals surface area contributed by atoms with Crippen molar-refractivity contribution < 1.29 is 14.6 Å². The van der Waals surface area contributed by atoms with Crippen molar-refractivity contribution in [3.05, 3.63) is 24.3 Å². The first kappa shape index (κ1) is 11.4. The molecule has 14 heavy (non-hydrogen) atoms. The molecule has 1 N–H and O–H groups in total. The predicted octanol–water partition coefficient (Wildman–Crippen LogP) is 1.63. The molecule has 1 unspecified atom stereocenters. The van der Waals surface area contributed by atoms with Crippen molar-refractivity contribution in [3.63, 3.8) is 0 Å². The van der Waals surface area contributed by atoms with Gasteiger partial charge in [0.25, 0.3) is 0 Å². The van der Waals surface area contributed by atoms with Gasteiger partial charge in [-0.05, 0) is 24.8 Å². The van der Waals surface area contributed by atoms with Crippen LogP contribution in [-0.4, -0.2) is 31.2 Å². The molecule has 0 aromatic heterocycles. The molecular formula is C11H18O3. The SMILES string of the molecule is C=C(/C=C\CO)COC1CCCCO1. The summed E-state index contributed by atoms with van der Waals surface area (Å²) in [4.78, 5) is 0. The second kappa shape index (κ2) is 6.76. The summed E-state index contributed by atoms with van der Waals surface area (Å²) >= 11 is 0. The smallest absolute Gasteiger partial charge is 0.158 e. The topological polar surface area (TPSA) is 38.7 Å². The third-order valence-corrected chi connectivity index (χ3v) is 2.05. The van der Waals surface area contributed by atoms with Crippen LogP contribution in [0.5, 0.6) is 0 Å². The lowest BCUT2D eigenvalue weighted by molar-refractivity contribution is -0.156. The van der Waals surface area contributed by atoms with E-state index in [1.165, 1.54) is 6.42 Å². The Morgan fingerprint density at radius 1 is 1.57 bits per heavy atom. The number of aliphatic hydroxyl groups excluding tert-OH is 1. The Morgan fingerprint density at radius 3 is 3.07 bits per heavy atom. The van der Waals surface area contributed by atoms with Crippen LogP contribution < -0.4 is 0 Å². The van der Waals surface area contributed by atoms with E-state index in [-0.39, 0.29) is 12.9 Å². The van der Waals surface area contributed by atoms with Gasteiger partial charge in [-0.2, -0.15) is 0 Å². The van der Waals surface area contributed by atoms with E-state index in [4.69, 9.17) is 14.6 Å². The van der Waals surface area contributed by atoms with Crippen molar-refractivity contribution in [2.45, 2.75) is 25.6 Å². The van der Waals surface area contributed by atoms with E-state index in [1.54, 1.807) is 12.2 Å². The number of hydrogen-bond acceptors (Lipinski definition) is 3. The number of ether oxygens (including phenoxy) is 2. The molecule has 3 nitrogen and oxygen atoms in total. The first-order valence-electron chi connectivity index (χ1n) is 5.01. The minimum atomic E-state index is -0.0666. The van der Waals surface area contributed by atoms with Crippen LogP contribution >= 0.6 is 0 Å². The van der Waals surface area contributed by atoms with Gasteiger partial charge in [-0.15, -0.1) is 0 Å². The maximum absolute atomic E-state index is 8.54. The molecule has 0 bridgehead atoms. The Labute approximate surface area is 85.0 Å². The second-order valence-electron chi connectivity index (χ2n) is 3.35. The van der Waals surface area contributed by atoms with Crippen molar-refractivity contribution in [2.75, 3.05) is 19.8 Å². The van der Waals surface area contributed by atoms with Crippen LogP contribution in [0.3, 0.4) is 0 Å². The van der Waals surface area contributed by atoms with E-state index in [0.717, 1.165) is 25.0 Å². The fourth-order valence-electron chi connectivity index (χ4n) is 1.31. The average molecular weight is 198 g/mol. The van der Waals surface area contributed by atoms with Gasteiger partial charge in [-0.3, -0.25) is 0 Å². The van der Waals surface area contributed by atoms with Crippen molar-refractivity contribution in [1.29, 1.82) is 0 Å². The highest BCUT2D eigenvalue weighted by Crippen LogP contribution is 2.14. The summed E-state index contributed by atoms with van der Waals surface area (Å²) in [7, 11) is 0. The lowest BCUT2D eigenvalue weighted by Gasteiger charge is -2.22. The van der Waals surface area contributed by atoms with Gasteiger partial charge in [0.2, 0.25) is 0 Å². The molecule has 1 aliphatic heterocycles. The predicted molar refractivity (Wildman–Crippen MR) is 54.9 cm³/mol. The molecule has 1 heterocycles. The first-order chi connectivity index (χ1) is 6.83. The second-order valence-corrected chi connectivity index (χ2v) is 3.35. The molecule has 1 atom stereocenters. The molecular weight excluding hydrogens is 180 g/mol. The van der Waals surface area contributed by atoms with Crippen molar-refractivity contribution in [2.24, 2.45) is 0 Å². The summed E-state index contributed by atoms with van der Waals surface area (Å²) in [6, 6.07) is 0. The zero-order valence-corrected chi connectivity index (χ0v) is 8.45. The standard InChI is InChI=1S/C11H18O3/c1-10(5-4-7-12)9-14-11-6-2-3-8-13-11/h4-5,11-12H,1-3,6-9H2/b5-4-. The molecule has 1 aliphatic rings. The lowest BCUT2D eigenvalue weighted by atomic mass is 10.2. The van der Waals surface area contributed by atoms with Crippen molar-refractivity contribution in [1.82, 2.24) is 0 Å². The van der Waals surface area contributed by atoms with Crippen LogP contribution in [-0.2, 0) is 9.47 Å². The molecule has 3 heteroatoms. The van der Waals surface area contributed by atoms with Gasteiger partial charge in [0, 0.05) is 6.61 Å². The van der Waals surface area contributed by atoms with E-state index in [0.29, 0.717) is 6.61 Å². The highest BCUT2D eigenvalue weighted by Gasteiger charge is 2.13. The molecule has 1 saturated heterocycles. The highest BCUT2D eigenvalue weighted by atomic mass is 16.7. The van der Waals surface area contributed by atoms with Gasteiger partial charge in [0.15, 0.2) is 6.29 Å². The zero-order valence-electron chi connectivity index (χ0n) is 8.45. The summed E-state index contributed by atoms with van der Waals surface area (Å²) in [6.45, 7) is 5.11. The third kappa shape index (κ3) is 4.56. The summed E-state index contributed by atoms with van der Waals surface area (Å²) < 4.78 is 10.9. The minimum Gasteiger partial charge on any atom is -0.392 e. The van der Waals surface area contributed by atoms with Crippen LogP contribution in [0.2, 0.25) is 0 Å². The third-order valence-electron chi connectivity index (χ3n) is 2.05. The lowest BCUT2D eigenvalue weighted by Crippen LogP contribution is -2.22. The van der Waals surface area contributed by atoms with Crippen LogP contribution in [0.15, 0.2) is 24.3 Å². The normalized spacial score (nSPS) is 22.8. The molecule has 1 fully saturated rings. The van der Waals surface area contributed by atoms with E-state index in [1.807, 2.05) is 0 Å². The number of hydrogen-bond donors (Lipinski definition) is 1. The van der Waals surface area contributed by atoms with Crippen LogP contribution in [0.4, 0.5) is 0 Å². The fourth-order valence-corrected chi connectivity index (χ4v) is 1.31. The van der Waals surface area contributed by atoms with Gasteiger partial charge in [0.1, 0.15) is 0 Å². The van der Waals surface area contributed by atoms with Crippen LogP contribution in [0.25, 0.3) is 0 Å². The molecule has 0 spiro atoms. The summed E-state index contributed by atoms with van der Waals surface area (Å²) in [5.74, 6) is 0.